The van der Waals surface area contributed by atoms with E-state index in [1.807, 2.05) is 4.90 Å². The molecule has 0 unspecified atom stereocenters. The molecule has 0 aliphatic rings. The Morgan fingerprint density at radius 2 is 2.12 bits per heavy atom. The Balaban J connectivity index is 4.29. The van der Waals surface area contributed by atoms with E-state index in [9.17, 15) is 4.79 Å². The van der Waals surface area contributed by atoms with Crippen LogP contribution in [0.15, 0.2) is 12.7 Å². The van der Waals surface area contributed by atoms with Crippen molar-refractivity contribution in [3.63, 3.8) is 0 Å². The molecule has 0 radical (unpaired) electrons. The zero-order valence-corrected chi connectivity index (χ0v) is 11.6. The second kappa shape index (κ2) is 9.23. The van der Waals surface area contributed by atoms with Gasteiger partial charge in [0.15, 0.2) is 0 Å². The smallest absolute Gasteiger partial charge is 0.223 e. The maximum Gasteiger partial charge on any atom is 0.223 e. The van der Waals surface area contributed by atoms with Crippen molar-refractivity contribution in [3.8, 4) is 0 Å². The Labute approximate surface area is 106 Å². The maximum absolute atomic E-state index is 12.1. The molecule has 0 aliphatic carbocycles. The largest absolute Gasteiger partial charge is 0.339 e. The van der Waals surface area contributed by atoms with Gasteiger partial charge in [-0.25, -0.2) is 0 Å². The van der Waals surface area contributed by atoms with Gasteiger partial charge in [0.1, 0.15) is 0 Å². The van der Waals surface area contributed by atoms with Gasteiger partial charge in [0.2, 0.25) is 5.91 Å². The first-order valence-electron chi connectivity index (χ1n) is 6.63. The van der Waals surface area contributed by atoms with Gasteiger partial charge in [-0.05, 0) is 31.2 Å². The minimum atomic E-state index is 0.211. The van der Waals surface area contributed by atoms with Crippen LogP contribution >= 0.6 is 0 Å². The van der Waals surface area contributed by atoms with E-state index in [4.69, 9.17) is 5.73 Å². The van der Waals surface area contributed by atoms with Gasteiger partial charge < -0.3 is 10.6 Å². The molecule has 3 nitrogen and oxygen atoms in total. The van der Waals surface area contributed by atoms with E-state index in [0.29, 0.717) is 31.3 Å². The average Bonchev–Trinajstić information content (AvgIpc) is 2.27. The van der Waals surface area contributed by atoms with E-state index < -0.39 is 0 Å². The van der Waals surface area contributed by atoms with Crippen molar-refractivity contribution >= 4 is 5.91 Å². The van der Waals surface area contributed by atoms with Crippen molar-refractivity contribution in [1.29, 1.82) is 0 Å². The van der Waals surface area contributed by atoms with Gasteiger partial charge in [0, 0.05) is 19.5 Å². The molecular weight excluding hydrogens is 212 g/mol. The number of nitrogens with two attached hydrogens (primary N) is 1. The second-order valence-corrected chi connectivity index (χ2v) is 5.06. The summed E-state index contributed by atoms with van der Waals surface area (Å²) in [6, 6.07) is 0. The number of rotatable bonds is 9. The fourth-order valence-corrected chi connectivity index (χ4v) is 2.05. The van der Waals surface area contributed by atoms with Gasteiger partial charge >= 0.3 is 0 Å². The monoisotopic (exact) mass is 240 g/mol. The molecule has 2 N–H and O–H groups in total. The summed E-state index contributed by atoms with van der Waals surface area (Å²) in [5.74, 6) is 1.12. The van der Waals surface area contributed by atoms with Crippen molar-refractivity contribution in [1.82, 2.24) is 4.90 Å². The highest BCUT2D eigenvalue weighted by atomic mass is 16.2. The van der Waals surface area contributed by atoms with Gasteiger partial charge in [-0.1, -0.05) is 26.8 Å². The predicted octanol–water partition coefficient (Wildman–Crippen LogP) is 2.42. The molecule has 0 heterocycles. The summed E-state index contributed by atoms with van der Waals surface area (Å²) >= 11 is 0. The third-order valence-corrected chi connectivity index (χ3v) is 2.80. The Hall–Kier alpha value is -0.830. The summed E-state index contributed by atoms with van der Waals surface area (Å²) in [7, 11) is 0. The normalized spacial score (nSPS) is 12.5. The molecule has 0 saturated carbocycles. The quantitative estimate of drug-likeness (QED) is 0.629. The molecular formula is C14H28N2O. The van der Waals surface area contributed by atoms with Crippen LogP contribution in [0.5, 0.6) is 0 Å². The summed E-state index contributed by atoms with van der Waals surface area (Å²) in [6.45, 7) is 12.2. The van der Waals surface area contributed by atoms with Crippen LogP contribution < -0.4 is 5.73 Å². The number of hydrogen-bond acceptors (Lipinski definition) is 2. The molecule has 100 valence electrons. The lowest BCUT2D eigenvalue weighted by Gasteiger charge is -2.24. The molecule has 0 saturated heterocycles. The van der Waals surface area contributed by atoms with Gasteiger partial charge in [0.25, 0.3) is 0 Å². The molecule has 3 heteroatoms. The van der Waals surface area contributed by atoms with Crippen LogP contribution in [-0.2, 0) is 4.79 Å². The minimum Gasteiger partial charge on any atom is -0.339 e. The van der Waals surface area contributed by atoms with Crippen LogP contribution in [0.25, 0.3) is 0 Å². The number of hydrogen-bond donors (Lipinski definition) is 1. The molecule has 0 aromatic carbocycles. The first-order valence-corrected chi connectivity index (χ1v) is 6.63. The van der Waals surface area contributed by atoms with E-state index in [1.165, 1.54) is 0 Å². The highest BCUT2D eigenvalue weighted by Gasteiger charge is 2.17. The van der Waals surface area contributed by atoms with Gasteiger partial charge in [-0.3, -0.25) is 4.79 Å². The summed E-state index contributed by atoms with van der Waals surface area (Å²) in [6.07, 6.45) is 4.36. The molecule has 1 amide bonds. The Morgan fingerprint density at radius 1 is 1.47 bits per heavy atom. The van der Waals surface area contributed by atoms with Gasteiger partial charge in [0.05, 0.1) is 0 Å². The second-order valence-electron chi connectivity index (χ2n) is 5.06. The van der Waals surface area contributed by atoms with Crippen molar-refractivity contribution in [2.24, 2.45) is 17.6 Å². The number of amides is 1. The predicted molar refractivity (Wildman–Crippen MR) is 73.7 cm³/mol. The third kappa shape index (κ3) is 7.16. The van der Waals surface area contributed by atoms with Crippen LogP contribution in [0.3, 0.4) is 0 Å². The van der Waals surface area contributed by atoms with E-state index in [0.717, 1.165) is 19.4 Å². The van der Waals surface area contributed by atoms with Gasteiger partial charge in [-0.2, -0.15) is 0 Å². The maximum atomic E-state index is 12.1. The van der Waals surface area contributed by atoms with Crippen LogP contribution in [-0.4, -0.2) is 30.4 Å². The zero-order chi connectivity index (χ0) is 13.3. The lowest BCUT2D eigenvalue weighted by molar-refractivity contribution is -0.131. The fourth-order valence-electron chi connectivity index (χ4n) is 2.05. The summed E-state index contributed by atoms with van der Waals surface area (Å²) in [4.78, 5) is 14.0. The first kappa shape index (κ1) is 16.2. The standard InChI is InChI=1S/C14H28N2O/c1-5-7-16(8-6-2)14(17)10-13(11-15)9-12(3)4/h5,12-13H,1,6-11,15H2,2-4H3/t13-/m0/s1. The molecule has 0 rings (SSSR count). The topological polar surface area (TPSA) is 46.3 Å². The average molecular weight is 240 g/mol. The molecule has 0 aromatic heterocycles. The molecule has 0 fully saturated rings. The Kier molecular flexibility index (Phi) is 8.78. The van der Waals surface area contributed by atoms with E-state index in [1.54, 1.807) is 6.08 Å². The summed E-state index contributed by atoms with van der Waals surface area (Å²) < 4.78 is 0. The highest BCUT2D eigenvalue weighted by Crippen LogP contribution is 2.15. The summed E-state index contributed by atoms with van der Waals surface area (Å²) in [5, 5.41) is 0. The van der Waals surface area contributed by atoms with E-state index in [-0.39, 0.29) is 5.91 Å². The minimum absolute atomic E-state index is 0.211. The van der Waals surface area contributed by atoms with E-state index >= 15 is 0 Å². The third-order valence-electron chi connectivity index (χ3n) is 2.80. The molecule has 0 aromatic rings. The molecule has 17 heavy (non-hydrogen) atoms. The van der Waals surface area contributed by atoms with Crippen molar-refractivity contribution in [2.75, 3.05) is 19.6 Å². The first-order chi connectivity index (χ1) is 8.04. The zero-order valence-electron chi connectivity index (χ0n) is 11.6. The lowest BCUT2D eigenvalue weighted by Crippen LogP contribution is -2.34. The molecule has 1 atom stereocenters. The Bertz CT molecular complexity index is 226. The summed E-state index contributed by atoms with van der Waals surface area (Å²) in [5.41, 5.74) is 5.73. The van der Waals surface area contributed by atoms with Crippen molar-refractivity contribution < 1.29 is 4.79 Å². The molecule has 0 aliphatic heterocycles. The number of nitrogens with zero attached hydrogens (tertiary/aromatic N) is 1. The van der Waals surface area contributed by atoms with Crippen molar-refractivity contribution in [2.45, 2.75) is 40.0 Å². The number of carbonyl (C=O) groups is 1. The van der Waals surface area contributed by atoms with Crippen LogP contribution in [0.4, 0.5) is 0 Å². The van der Waals surface area contributed by atoms with Crippen LogP contribution in [0, 0.1) is 11.8 Å². The number of carbonyl (C=O) groups excluding carboxylic acids is 1. The molecule has 0 spiro atoms. The van der Waals surface area contributed by atoms with Crippen LogP contribution in [0.1, 0.15) is 40.0 Å². The van der Waals surface area contributed by atoms with Crippen molar-refractivity contribution in [3.05, 3.63) is 12.7 Å². The SMILES string of the molecule is C=CCN(CCC)C(=O)C[C@@H](CN)CC(C)C. The lowest BCUT2D eigenvalue weighted by atomic mass is 9.94. The highest BCUT2D eigenvalue weighted by molar-refractivity contribution is 5.76. The van der Waals surface area contributed by atoms with Gasteiger partial charge in [-0.15, -0.1) is 6.58 Å². The Morgan fingerprint density at radius 3 is 2.53 bits per heavy atom. The fraction of sp³-hybridized carbons (Fsp3) is 0.786. The molecule has 0 bridgehead atoms. The van der Waals surface area contributed by atoms with Crippen LogP contribution in [0.2, 0.25) is 0 Å². The van der Waals surface area contributed by atoms with E-state index in [2.05, 4.69) is 27.4 Å².